The van der Waals surface area contributed by atoms with Crippen LogP contribution in [0, 0.1) is 0 Å². The fourth-order valence-electron chi connectivity index (χ4n) is 11.5. The Hall–Kier alpha value is -9.39. The van der Waals surface area contributed by atoms with Crippen LogP contribution in [0.2, 0.25) is 0 Å². The summed E-state index contributed by atoms with van der Waals surface area (Å²) < 4.78 is 16.0. The summed E-state index contributed by atoms with van der Waals surface area (Å²) in [5.41, 5.74) is 16.2. The molecular weight excluding hydrogens is 857 g/mol. The molecule has 10 aromatic carbocycles. The van der Waals surface area contributed by atoms with Crippen molar-refractivity contribution < 1.29 is 9.15 Å². The van der Waals surface area contributed by atoms with E-state index < -0.39 is 5.41 Å². The van der Waals surface area contributed by atoms with Gasteiger partial charge in [0, 0.05) is 49.4 Å². The molecule has 1 unspecified atom stereocenters. The highest BCUT2D eigenvalue weighted by molar-refractivity contribution is 6.14. The van der Waals surface area contributed by atoms with Gasteiger partial charge >= 0.3 is 0 Å². The molecule has 1 atom stereocenters. The molecule has 0 radical (unpaired) electrons. The van der Waals surface area contributed by atoms with Gasteiger partial charge in [-0.1, -0.05) is 182 Å². The Balaban J connectivity index is 0.923. The number of hydrogen-bond acceptors (Lipinski definition) is 5. The molecule has 6 nitrogen and oxygen atoms in total. The zero-order chi connectivity index (χ0) is 45.9. The Morgan fingerprint density at radius 3 is 1.79 bits per heavy atom. The van der Waals surface area contributed by atoms with Crippen LogP contribution in [-0.2, 0) is 5.41 Å². The molecular formula is C64H38N4O2. The first-order chi connectivity index (χ1) is 34.7. The van der Waals surface area contributed by atoms with Crippen LogP contribution in [0.4, 0.5) is 0 Å². The van der Waals surface area contributed by atoms with E-state index in [1.807, 2.05) is 48.5 Å². The summed E-state index contributed by atoms with van der Waals surface area (Å²) in [5.74, 6) is 3.47. The summed E-state index contributed by atoms with van der Waals surface area (Å²) in [6.07, 6.45) is 0. The first-order valence-electron chi connectivity index (χ1n) is 23.7. The van der Waals surface area contributed by atoms with Crippen LogP contribution in [0.5, 0.6) is 11.5 Å². The van der Waals surface area contributed by atoms with Crippen LogP contribution >= 0.6 is 0 Å². The smallest absolute Gasteiger partial charge is 0.164 e. The van der Waals surface area contributed by atoms with Gasteiger partial charge in [0.1, 0.15) is 22.7 Å². The topological polar surface area (TPSA) is 66.0 Å². The van der Waals surface area contributed by atoms with Crippen molar-refractivity contribution in [3.63, 3.8) is 0 Å². The predicted molar refractivity (Wildman–Crippen MR) is 281 cm³/mol. The van der Waals surface area contributed by atoms with Crippen molar-refractivity contribution in [2.75, 3.05) is 0 Å². The lowest BCUT2D eigenvalue weighted by atomic mass is 9.61. The number of hydrogen-bond donors (Lipinski definition) is 0. The van der Waals surface area contributed by atoms with Crippen LogP contribution in [0.15, 0.2) is 235 Å². The number of furan rings is 1. The van der Waals surface area contributed by atoms with Crippen molar-refractivity contribution in [2.45, 2.75) is 5.41 Å². The fourth-order valence-corrected chi connectivity index (χ4v) is 11.5. The van der Waals surface area contributed by atoms with E-state index in [1.165, 1.54) is 38.6 Å². The van der Waals surface area contributed by atoms with E-state index in [4.69, 9.17) is 24.1 Å². The molecule has 2 aliphatic heterocycles. The van der Waals surface area contributed by atoms with Gasteiger partial charge in [-0.2, -0.15) is 0 Å². The molecule has 0 bridgehead atoms. The molecule has 0 saturated heterocycles. The minimum atomic E-state index is -0.686. The van der Waals surface area contributed by atoms with Crippen molar-refractivity contribution in [1.29, 1.82) is 0 Å². The molecule has 15 rings (SSSR count). The number of ether oxygens (including phenoxy) is 1. The summed E-state index contributed by atoms with van der Waals surface area (Å²) in [6, 6.07) is 81.4. The third-order valence-corrected chi connectivity index (χ3v) is 14.5. The third-order valence-electron chi connectivity index (χ3n) is 14.5. The number of benzene rings is 10. The summed E-state index contributed by atoms with van der Waals surface area (Å²) >= 11 is 0. The highest BCUT2D eigenvalue weighted by atomic mass is 16.5. The van der Waals surface area contributed by atoms with E-state index in [1.54, 1.807) is 0 Å². The van der Waals surface area contributed by atoms with E-state index in [0.717, 1.165) is 83.5 Å². The molecule has 70 heavy (non-hydrogen) atoms. The van der Waals surface area contributed by atoms with Crippen molar-refractivity contribution in [2.24, 2.45) is 0 Å². The lowest BCUT2D eigenvalue weighted by Crippen LogP contribution is -2.37. The van der Waals surface area contributed by atoms with E-state index in [2.05, 4.69) is 187 Å². The molecule has 13 aromatic rings. The second-order valence-corrected chi connectivity index (χ2v) is 18.2. The van der Waals surface area contributed by atoms with Gasteiger partial charge in [-0.15, -0.1) is 0 Å². The van der Waals surface area contributed by atoms with Crippen LogP contribution in [-0.4, -0.2) is 19.5 Å². The minimum absolute atomic E-state index is 0.573. The van der Waals surface area contributed by atoms with Crippen molar-refractivity contribution >= 4 is 43.7 Å². The van der Waals surface area contributed by atoms with Gasteiger partial charge in [-0.25, -0.2) is 15.0 Å². The molecule has 3 aromatic heterocycles. The molecule has 5 heterocycles. The Morgan fingerprint density at radius 2 is 0.943 bits per heavy atom. The van der Waals surface area contributed by atoms with E-state index in [9.17, 15) is 0 Å². The summed E-state index contributed by atoms with van der Waals surface area (Å²) in [5, 5.41) is 4.40. The first-order valence-corrected chi connectivity index (χ1v) is 23.7. The van der Waals surface area contributed by atoms with Gasteiger partial charge in [0.05, 0.1) is 22.1 Å². The van der Waals surface area contributed by atoms with Gasteiger partial charge in [-0.05, 0) is 81.9 Å². The second-order valence-electron chi connectivity index (χ2n) is 18.2. The van der Waals surface area contributed by atoms with Crippen molar-refractivity contribution in [3.8, 4) is 73.6 Å². The Bertz CT molecular complexity index is 4270. The predicted octanol–water partition coefficient (Wildman–Crippen LogP) is 16.0. The lowest BCUT2D eigenvalue weighted by molar-refractivity contribution is 0.434. The molecule has 6 heteroatoms. The molecule has 0 N–H and O–H groups in total. The molecule has 0 fully saturated rings. The summed E-state index contributed by atoms with van der Waals surface area (Å²) in [4.78, 5) is 15.5. The van der Waals surface area contributed by atoms with Crippen molar-refractivity contribution in [3.05, 3.63) is 253 Å². The number of rotatable bonds is 5. The quantitative estimate of drug-likeness (QED) is 0.172. The van der Waals surface area contributed by atoms with Gasteiger partial charge < -0.3 is 13.7 Å². The molecule has 0 saturated carbocycles. The average molecular weight is 895 g/mol. The third kappa shape index (κ3) is 5.53. The molecule has 326 valence electrons. The van der Waals surface area contributed by atoms with Crippen LogP contribution in [0.3, 0.4) is 0 Å². The number of aromatic nitrogens is 4. The van der Waals surface area contributed by atoms with Crippen LogP contribution in [0.1, 0.15) is 22.3 Å². The van der Waals surface area contributed by atoms with Crippen LogP contribution in [0.25, 0.3) is 106 Å². The fraction of sp³-hybridized carbons (Fsp3) is 0.0156. The SMILES string of the molecule is c1ccc(-c2ccc(-c3nc(-c4ccccc4)nc(-c4cccc5oc6ccc(-c7ccc8c(c7)C7(c9ccccc9O8)c8ccccc8-n8c9ccccc9c9cccc7c98)cc6c45)n3)cc2)cc1. The number of nitrogens with zero attached hydrogens (tertiary/aromatic N) is 4. The van der Waals surface area contributed by atoms with Gasteiger partial charge in [0.2, 0.25) is 0 Å². The Morgan fingerprint density at radius 1 is 0.357 bits per heavy atom. The average Bonchev–Trinajstić information content (AvgIpc) is 3.99. The Labute approximate surface area is 402 Å². The van der Waals surface area contributed by atoms with Crippen LogP contribution < -0.4 is 4.74 Å². The normalized spacial score (nSPS) is 14.5. The molecule has 0 amide bonds. The maximum Gasteiger partial charge on any atom is 0.164 e. The van der Waals surface area contributed by atoms with E-state index in [-0.39, 0.29) is 0 Å². The summed E-state index contributed by atoms with van der Waals surface area (Å²) in [7, 11) is 0. The molecule has 0 aliphatic carbocycles. The van der Waals surface area contributed by atoms with Crippen molar-refractivity contribution in [1.82, 2.24) is 19.5 Å². The number of fused-ring (bicyclic) bond motifs is 14. The van der Waals surface area contributed by atoms with Gasteiger partial charge in [0.25, 0.3) is 0 Å². The maximum atomic E-state index is 6.90. The standard InChI is InChI=1S/C64H38N4O2/c1-3-15-39(16-4-1)40-29-31-42(32-30-40)62-65-61(41-17-5-2-6-18-41)66-63(67-62)47-21-14-28-58-59(47)48-37-43(33-35-55(48)69-58)44-34-36-57-52(38-44)64(50-23-9-12-27-56(50)70-57)49-22-8-11-26-54(49)68-53-25-10-7-19-45(53)46-20-13-24-51(64)60(46)68/h1-38H. The first kappa shape index (κ1) is 38.7. The lowest BCUT2D eigenvalue weighted by Gasteiger charge is -2.45. The molecule has 1 spiro atoms. The van der Waals surface area contributed by atoms with Gasteiger partial charge in [0.15, 0.2) is 17.5 Å². The second kappa shape index (κ2) is 14.8. The number of para-hydroxylation sites is 4. The monoisotopic (exact) mass is 894 g/mol. The maximum absolute atomic E-state index is 6.90. The zero-order valence-corrected chi connectivity index (χ0v) is 37.5. The zero-order valence-electron chi connectivity index (χ0n) is 37.5. The summed E-state index contributed by atoms with van der Waals surface area (Å²) in [6.45, 7) is 0. The minimum Gasteiger partial charge on any atom is -0.457 e. The highest BCUT2D eigenvalue weighted by Crippen LogP contribution is 2.60. The Kier molecular flexibility index (Phi) is 8.18. The van der Waals surface area contributed by atoms with Gasteiger partial charge in [-0.3, -0.25) is 0 Å². The van der Waals surface area contributed by atoms with E-state index in [0.29, 0.717) is 17.5 Å². The highest BCUT2D eigenvalue weighted by Gasteiger charge is 2.50. The molecule has 2 aliphatic rings. The van der Waals surface area contributed by atoms with E-state index >= 15 is 0 Å². The largest absolute Gasteiger partial charge is 0.457 e.